The number of esters is 3. The first-order chi connectivity index (χ1) is 27.8. The number of unbranched alkanes of at least 4 members (excludes halogenated alkanes) is 29. The highest BCUT2D eigenvalue weighted by Crippen LogP contribution is 2.17. The first kappa shape index (κ1) is 55.4. The zero-order valence-electron chi connectivity index (χ0n) is 39.0. The first-order valence-corrected chi connectivity index (χ1v) is 25.3. The van der Waals surface area contributed by atoms with Gasteiger partial charge >= 0.3 is 17.9 Å². The fraction of sp³-hybridized carbons (Fsp3) is 0.941. The van der Waals surface area contributed by atoms with Crippen LogP contribution in [0.4, 0.5) is 0 Å². The zero-order chi connectivity index (χ0) is 41.9. The first-order valence-electron chi connectivity index (χ1n) is 25.3. The minimum Gasteiger partial charge on any atom is -0.462 e. The molecule has 0 rings (SSSR count). The maximum atomic E-state index is 12.8. The quantitative estimate of drug-likeness (QED) is 0.0346. The fourth-order valence-electron chi connectivity index (χ4n) is 7.60. The third kappa shape index (κ3) is 43.8. The molecule has 0 radical (unpaired) electrons. The van der Waals surface area contributed by atoms with Crippen molar-refractivity contribution in [3.05, 3.63) is 0 Å². The van der Waals surface area contributed by atoms with E-state index in [2.05, 4.69) is 34.6 Å². The average Bonchev–Trinajstić information content (AvgIpc) is 3.19. The molecule has 0 bridgehead atoms. The molecule has 6 heteroatoms. The van der Waals surface area contributed by atoms with Crippen molar-refractivity contribution in [3.8, 4) is 0 Å². The van der Waals surface area contributed by atoms with Gasteiger partial charge in [0.1, 0.15) is 13.2 Å². The van der Waals surface area contributed by atoms with E-state index in [1.54, 1.807) is 0 Å². The molecule has 0 N–H and O–H groups in total. The normalized spacial score (nSPS) is 12.5. The lowest BCUT2D eigenvalue weighted by molar-refractivity contribution is -0.167. The molecule has 1 unspecified atom stereocenters. The van der Waals surface area contributed by atoms with Crippen molar-refractivity contribution in [2.45, 2.75) is 285 Å². The topological polar surface area (TPSA) is 78.9 Å². The Bertz CT molecular complexity index is 872. The maximum Gasteiger partial charge on any atom is 0.306 e. The van der Waals surface area contributed by atoms with E-state index in [9.17, 15) is 14.4 Å². The van der Waals surface area contributed by atoms with E-state index < -0.39 is 6.10 Å². The van der Waals surface area contributed by atoms with Gasteiger partial charge in [0.25, 0.3) is 0 Å². The van der Waals surface area contributed by atoms with Crippen molar-refractivity contribution in [1.82, 2.24) is 0 Å². The van der Waals surface area contributed by atoms with E-state index in [-0.39, 0.29) is 31.1 Å². The Morgan fingerprint density at radius 2 is 0.667 bits per heavy atom. The lowest BCUT2D eigenvalue weighted by atomic mass is 9.99. The Morgan fingerprint density at radius 3 is 1.00 bits per heavy atom. The predicted octanol–water partition coefficient (Wildman–Crippen LogP) is 16.1. The molecule has 0 aromatic rings. The number of hydrogen-bond acceptors (Lipinski definition) is 6. The summed E-state index contributed by atoms with van der Waals surface area (Å²) in [6.45, 7) is 11.3. The van der Waals surface area contributed by atoms with E-state index in [0.29, 0.717) is 19.3 Å². The molecular weight excluding hydrogens is 709 g/mol. The summed E-state index contributed by atoms with van der Waals surface area (Å²) >= 11 is 0. The van der Waals surface area contributed by atoms with Crippen LogP contribution in [0, 0.1) is 11.8 Å². The summed E-state index contributed by atoms with van der Waals surface area (Å²) in [5.41, 5.74) is 0. The van der Waals surface area contributed by atoms with Gasteiger partial charge in [-0.2, -0.15) is 0 Å². The van der Waals surface area contributed by atoms with Gasteiger partial charge in [0.05, 0.1) is 0 Å². The van der Waals surface area contributed by atoms with Crippen molar-refractivity contribution in [2.75, 3.05) is 13.2 Å². The van der Waals surface area contributed by atoms with E-state index in [0.717, 1.165) is 69.6 Å². The van der Waals surface area contributed by atoms with Crippen LogP contribution in [0.5, 0.6) is 0 Å². The molecular formula is C51H98O6. The number of ether oxygens (including phenoxy) is 3. The molecule has 0 aliphatic carbocycles. The van der Waals surface area contributed by atoms with E-state index in [1.807, 2.05) is 0 Å². The highest BCUT2D eigenvalue weighted by atomic mass is 16.6. The van der Waals surface area contributed by atoms with Crippen LogP contribution in [0.1, 0.15) is 279 Å². The molecule has 0 fully saturated rings. The summed E-state index contributed by atoms with van der Waals surface area (Å²) < 4.78 is 16.8. The number of carbonyl (C=O) groups is 3. The summed E-state index contributed by atoms with van der Waals surface area (Å²) in [6, 6.07) is 0. The average molecular weight is 807 g/mol. The number of carbonyl (C=O) groups excluding carboxylic acids is 3. The van der Waals surface area contributed by atoms with E-state index >= 15 is 0 Å². The largest absolute Gasteiger partial charge is 0.462 e. The molecule has 0 aliphatic heterocycles. The fourth-order valence-corrected chi connectivity index (χ4v) is 7.60. The minimum atomic E-state index is -0.762. The summed E-state index contributed by atoms with van der Waals surface area (Å²) in [7, 11) is 0. The van der Waals surface area contributed by atoms with Crippen molar-refractivity contribution >= 4 is 17.9 Å². The second-order valence-corrected chi connectivity index (χ2v) is 18.2. The second kappa shape index (κ2) is 44.0. The molecule has 57 heavy (non-hydrogen) atoms. The highest BCUT2D eigenvalue weighted by Gasteiger charge is 2.19. The Balaban J connectivity index is 4.32. The molecule has 0 spiro atoms. The van der Waals surface area contributed by atoms with E-state index in [1.165, 1.54) is 167 Å². The van der Waals surface area contributed by atoms with E-state index in [4.69, 9.17) is 14.2 Å². The van der Waals surface area contributed by atoms with Gasteiger partial charge in [0, 0.05) is 19.3 Å². The van der Waals surface area contributed by atoms with Gasteiger partial charge in [0.2, 0.25) is 0 Å². The van der Waals surface area contributed by atoms with Crippen molar-refractivity contribution in [3.63, 3.8) is 0 Å². The molecule has 0 amide bonds. The van der Waals surface area contributed by atoms with Gasteiger partial charge in [-0.1, -0.05) is 240 Å². The molecule has 0 heterocycles. The minimum absolute atomic E-state index is 0.0644. The lowest BCUT2D eigenvalue weighted by Gasteiger charge is -2.18. The zero-order valence-corrected chi connectivity index (χ0v) is 39.0. The van der Waals surface area contributed by atoms with Crippen molar-refractivity contribution < 1.29 is 28.6 Å². The third-order valence-electron chi connectivity index (χ3n) is 11.8. The monoisotopic (exact) mass is 807 g/mol. The van der Waals surface area contributed by atoms with Gasteiger partial charge in [-0.3, -0.25) is 14.4 Å². The van der Waals surface area contributed by atoms with Gasteiger partial charge in [-0.25, -0.2) is 0 Å². The molecule has 2 atom stereocenters. The summed E-state index contributed by atoms with van der Waals surface area (Å²) in [5.74, 6) is 0.801. The van der Waals surface area contributed by atoms with Crippen LogP contribution in [0.2, 0.25) is 0 Å². The SMILES string of the molecule is CCCCCCCCCCCCCCCCCC(=O)OC[C@@H](COC(=O)CCCCCCCCCCC(C)CC)OC(=O)CCCCCCCCCCCC(C)C. The molecule has 6 nitrogen and oxygen atoms in total. The summed E-state index contributed by atoms with van der Waals surface area (Å²) in [5, 5.41) is 0. The van der Waals surface area contributed by atoms with Crippen molar-refractivity contribution in [2.24, 2.45) is 11.8 Å². The summed E-state index contributed by atoms with van der Waals surface area (Å²) in [4.78, 5) is 37.9. The van der Waals surface area contributed by atoms with Crippen LogP contribution in [0.3, 0.4) is 0 Å². The lowest BCUT2D eigenvalue weighted by Crippen LogP contribution is -2.30. The van der Waals surface area contributed by atoms with Gasteiger partial charge in [-0.05, 0) is 31.1 Å². The van der Waals surface area contributed by atoms with Crippen molar-refractivity contribution in [1.29, 1.82) is 0 Å². The molecule has 0 aromatic heterocycles. The molecule has 0 aliphatic rings. The van der Waals surface area contributed by atoms with Crippen LogP contribution in [-0.4, -0.2) is 37.2 Å². The van der Waals surface area contributed by atoms with Crippen LogP contribution >= 0.6 is 0 Å². The van der Waals surface area contributed by atoms with Crippen LogP contribution in [0.15, 0.2) is 0 Å². The van der Waals surface area contributed by atoms with Crippen LogP contribution in [0.25, 0.3) is 0 Å². The second-order valence-electron chi connectivity index (χ2n) is 18.2. The van der Waals surface area contributed by atoms with Crippen LogP contribution in [-0.2, 0) is 28.6 Å². The van der Waals surface area contributed by atoms with Gasteiger partial charge < -0.3 is 14.2 Å². The number of rotatable bonds is 45. The van der Waals surface area contributed by atoms with Gasteiger partial charge in [-0.15, -0.1) is 0 Å². The molecule has 338 valence electrons. The van der Waals surface area contributed by atoms with Crippen LogP contribution < -0.4 is 0 Å². The Kier molecular flexibility index (Phi) is 42.7. The predicted molar refractivity (Wildman–Crippen MR) is 243 cm³/mol. The highest BCUT2D eigenvalue weighted by molar-refractivity contribution is 5.71. The number of hydrogen-bond donors (Lipinski definition) is 0. The molecule has 0 saturated heterocycles. The van der Waals surface area contributed by atoms with Gasteiger partial charge in [0.15, 0.2) is 6.10 Å². The smallest absolute Gasteiger partial charge is 0.306 e. The Morgan fingerprint density at radius 1 is 0.368 bits per heavy atom. The summed E-state index contributed by atoms with van der Waals surface area (Å²) in [6.07, 6.45) is 43.7. The maximum absolute atomic E-state index is 12.8. The molecule has 0 saturated carbocycles. The Labute approximate surface area is 355 Å². The Hall–Kier alpha value is -1.59. The molecule has 0 aromatic carbocycles. The third-order valence-corrected chi connectivity index (χ3v) is 11.8. The standard InChI is InChI=1S/C51H98O6/c1-6-8-9-10-11-12-13-14-15-16-17-20-26-31-36-41-49(52)55-44-48(57-51(54)43-38-33-28-21-18-19-24-29-34-39-46(3)4)45-56-50(53)42-37-32-27-23-22-25-30-35-40-47(5)7-2/h46-48H,6-45H2,1-5H3/t47?,48-/m0/s1.